The average molecular weight is 1450 g/mol. The van der Waals surface area contributed by atoms with E-state index in [0.717, 1.165) is 116 Å². The second-order valence-electron chi connectivity index (χ2n) is 26.6. The average Bonchev–Trinajstić information content (AvgIpc) is 0.990. The highest BCUT2D eigenvalue weighted by molar-refractivity contribution is 7.47. The summed E-state index contributed by atoms with van der Waals surface area (Å²) in [5, 5.41) is 20.8. The zero-order chi connectivity index (χ0) is 73.1. The van der Waals surface area contributed by atoms with Crippen molar-refractivity contribution in [3.8, 4) is 0 Å². The van der Waals surface area contributed by atoms with Crippen molar-refractivity contribution in [1.29, 1.82) is 0 Å². The van der Waals surface area contributed by atoms with Crippen LogP contribution in [-0.4, -0.2) is 146 Å². The summed E-state index contributed by atoms with van der Waals surface area (Å²) >= 11 is 0. The van der Waals surface area contributed by atoms with Crippen LogP contribution in [-0.2, 0) is 75.0 Å². The zero-order valence-corrected chi connectivity index (χ0v) is 64.1. The number of nitrogens with one attached hydrogen (secondary N) is 4. The minimum Gasteiger partial charge on any atom is -0.462 e. The van der Waals surface area contributed by atoms with E-state index in [2.05, 4.69) is 68.0 Å². The van der Waals surface area contributed by atoms with E-state index in [1.165, 1.54) is 89.9 Å². The number of ether oxygens (including phenoxy) is 3. The number of esters is 1. The van der Waals surface area contributed by atoms with Crippen LogP contribution in [0, 0.1) is 0 Å². The van der Waals surface area contributed by atoms with Gasteiger partial charge in [-0.15, -0.1) is 0 Å². The standard InChI is InChI=1S/C74H140N4O19P2/c1-6-11-16-21-24-27-30-35-39-44-67(80)58-72(84)77-64(60-91-54-50-66(79)43-38-33-19-14-9-4)62-95-98(87,88)93-56-52-75-70(82)48-49-71(83)76-53-57-94-99(89,90)96-63-65(78-73(85)59-68(81)45-40-36-31-28-25-22-17-12-7-2)61-92-55-51-69(46-41-34-20-15-10-5)97-74(86)47-42-37-32-29-26-23-18-13-8-3/h29,32,64-66,69,79H,6-28,30-31,33-63H2,1-5H3,(H,75,82)(H,76,83)(H,77,84)(H,78,85)(H,87,88)(H,89,90)/b32-29-. The molecule has 0 aliphatic heterocycles. The lowest BCUT2D eigenvalue weighted by molar-refractivity contribution is -0.150. The summed E-state index contributed by atoms with van der Waals surface area (Å²) in [6.45, 7) is 8.40. The third kappa shape index (κ3) is 66.2. The minimum absolute atomic E-state index is 0.138. The number of allylic oxidation sites excluding steroid dienone is 2. The van der Waals surface area contributed by atoms with Crippen LogP contribution in [0.4, 0.5) is 0 Å². The van der Waals surface area contributed by atoms with E-state index in [9.17, 15) is 57.6 Å². The van der Waals surface area contributed by atoms with Gasteiger partial charge in [-0.05, 0) is 64.2 Å². The van der Waals surface area contributed by atoms with Gasteiger partial charge in [0.2, 0.25) is 23.6 Å². The van der Waals surface area contributed by atoms with E-state index >= 15 is 0 Å². The van der Waals surface area contributed by atoms with E-state index in [0.29, 0.717) is 51.4 Å². The van der Waals surface area contributed by atoms with Crippen LogP contribution in [0.1, 0.15) is 330 Å². The molecule has 23 nitrogen and oxygen atoms in total. The molecule has 6 unspecified atom stereocenters. The van der Waals surface area contributed by atoms with E-state index in [4.69, 9.17) is 32.3 Å². The Balaban J connectivity index is 5.32. The summed E-state index contributed by atoms with van der Waals surface area (Å²) in [6.07, 6.45) is 42.3. The Morgan fingerprint density at radius 2 is 0.737 bits per heavy atom. The highest BCUT2D eigenvalue weighted by Crippen LogP contribution is 2.44. The number of aliphatic hydroxyl groups excluding tert-OH is 1. The van der Waals surface area contributed by atoms with Gasteiger partial charge >= 0.3 is 21.6 Å². The maximum atomic E-state index is 13.2. The Bertz CT molecular complexity index is 2160. The molecular weight excluding hydrogens is 1310 g/mol. The van der Waals surface area contributed by atoms with Gasteiger partial charge in [-0.2, -0.15) is 0 Å². The van der Waals surface area contributed by atoms with E-state index in [-0.39, 0.29) is 102 Å². The van der Waals surface area contributed by atoms with E-state index < -0.39 is 83.9 Å². The first-order valence-corrected chi connectivity index (χ1v) is 41.8. The summed E-state index contributed by atoms with van der Waals surface area (Å²) in [7, 11) is -9.51. The molecule has 0 bridgehead atoms. The van der Waals surface area contributed by atoms with Gasteiger partial charge in [-0.25, -0.2) is 9.13 Å². The van der Waals surface area contributed by atoms with Crippen molar-refractivity contribution in [2.45, 2.75) is 354 Å². The van der Waals surface area contributed by atoms with Gasteiger partial charge in [0, 0.05) is 58.2 Å². The summed E-state index contributed by atoms with van der Waals surface area (Å²) in [5.74, 6) is -3.08. The first kappa shape index (κ1) is 95.5. The number of ketones is 2. The van der Waals surface area contributed by atoms with Crippen LogP contribution in [0.2, 0.25) is 0 Å². The number of carbonyl (C=O) groups is 7. The SMILES string of the molecule is CCCCCC/C=C\CCCC(=O)OC(CCCCCCC)CCOCC(COP(=O)(O)OCCNC(=O)CCC(=O)NCCOP(=O)(O)OCC(COCCC(O)CCCCCCC)NC(=O)CC(=O)CCCCCCCCCCC)NC(=O)CC(=O)CCCCCCCCCCC. The fourth-order valence-electron chi connectivity index (χ4n) is 11.0. The Morgan fingerprint density at radius 1 is 0.374 bits per heavy atom. The van der Waals surface area contributed by atoms with Gasteiger partial charge in [0.25, 0.3) is 0 Å². The zero-order valence-electron chi connectivity index (χ0n) is 62.3. The van der Waals surface area contributed by atoms with Crippen LogP contribution >= 0.6 is 15.6 Å². The summed E-state index contributed by atoms with van der Waals surface area (Å²) < 4.78 is 64.2. The molecule has 0 spiro atoms. The Kier molecular flexibility index (Phi) is 65.3. The lowest BCUT2D eigenvalue weighted by Crippen LogP contribution is -2.42. The van der Waals surface area contributed by atoms with Gasteiger partial charge in [0.05, 0.1) is 77.3 Å². The fraction of sp³-hybridized carbons (Fsp3) is 0.878. The number of hydrogen-bond donors (Lipinski definition) is 7. The number of phosphoric acid groups is 2. The van der Waals surface area contributed by atoms with Crippen LogP contribution < -0.4 is 21.3 Å². The molecule has 0 aromatic carbocycles. The number of amides is 4. The second-order valence-corrected chi connectivity index (χ2v) is 29.5. The Labute approximate surface area is 597 Å². The normalized spacial score (nSPS) is 14.1. The first-order chi connectivity index (χ1) is 47.8. The molecule has 0 aromatic heterocycles. The summed E-state index contributed by atoms with van der Waals surface area (Å²) in [5.41, 5.74) is 0. The fourth-order valence-corrected chi connectivity index (χ4v) is 12.5. The van der Waals surface area contributed by atoms with Crippen molar-refractivity contribution < 1.29 is 89.9 Å². The molecule has 4 amide bonds. The monoisotopic (exact) mass is 1450 g/mol. The van der Waals surface area contributed by atoms with Crippen molar-refractivity contribution in [3.05, 3.63) is 12.2 Å². The highest BCUT2D eigenvalue weighted by atomic mass is 31.2. The molecule has 0 rings (SSSR count). The lowest BCUT2D eigenvalue weighted by Gasteiger charge is -2.22. The van der Waals surface area contributed by atoms with Gasteiger partial charge in [-0.1, -0.05) is 227 Å². The molecule has 7 N–H and O–H groups in total. The summed E-state index contributed by atoms with van der Waals surface area (Å²) in [6, 6.07) is -1.92. The highest BCUT2D eigenvalue weighted by Gasteiger charge is 2.27. The molecule has 0 radical (unpaired) electrons. The topological polar surface area (TPSA) is 327 Å². The predicted octanol–water partition coefficient (Wildman–Crippen LogP) is 15.5. The third-order valence-corrected chi connectivity index (χ3v) is 18.9. The van der Waals surface area contributed by atoms with Crippen LogP contribution in [0.25, 0.3) is 0 Å². The third-order valence-electron chi connectivity index (χ3n) is 16.9. The minimum atomic E-state index is -4.78. The molecule has 0 saturated heterocycles. The molecule has 580 valence electrons. The molecule has 0 aliphatic carbocycles. The van der Waals surface area contributed by atoms with Crippen LogP contribution in [0.5, 0.6) is 0 Å². The number of phosphoric ester groups is 2. The number of aliphatic hydroxyl groups is 1. The van der Waals surface area contributed by atoms with E-state index in [1.54, 1.807) is 0 Å². The number of unbranched alkanes of at least 4 members (excludes halogenated alkanes) is 29. The number of hydrogen-bond acceptors (Lipinski definition) is 17. The van der Waals surface area contributed by atoms with Gasteiger partial charge in [-0.3, -0.25) is 51.7 Å². The Morgan fingerprint density at radius 3 is 1.16 bits per heavy atom. The summed E-state index contributed by atoms with van der Waals surface area (Å²) in [4.78, 5) is 111. The van der Waals surface area contributed by atoms with Gasteiger partial charge in [0.1, 0.15) is 17.7 Å². The quantitative estimate of drug-likeness (QED) is 0.00978. The number of Topliss-reactive ketones (excluding diaryl/α,β-unsaturated/α-hetero) is 2. The van der Waals surface area contributed by atoms with Crippen molar-refractivity contribution in [2.24, 2.45) is 0 Å². The lowest BCUT2D eigenvalue weighted by atomic mass is 10.0. The predicted molar refractivity (Wildman–Crippen MR) is 391 cm³/mol. The van der Waals surface area contributed by atoms with Crippen LogP contribution in [0.15, 0.2) is 12.2 Å². The van der Waals surface area contributed by atoms with Crippen molar-refractivity contribution in [2.75, 3.05) is 65.9 Å². The van der Waals surface area contributed by atoms with Gasteiger partial charge in [0.15, 0.2) is 0 Å². The molecule has 0 fully saturated rings. The first-order valence-electron chi connectivity index (χ1n) is 38.8. The number of carbonyl (C=O) groups excluding carboxylic acids is 7. The second kappa shape index (κ2) is 67.7. The molecular formula is C74H140N4O19P2. The van der Waals surface area contributed by atoms with Crippen molar-refractivity contribution >= 4 is 56.8 Å². The van der Waals surface area contributed by atoms with Crippen molar-refractivity contribution in [3.63, 3.8) is 0 Å². The largest absolute Gasteiger partial charge is 0.472 e. The molecule has 6 atom stereocenters. The molecule has 25 heteroatoms. The molecule has 0 saturated carbocycles. The van der Waals surface area contributed by atoms with Crippen LogP contribution in [0.3, 0.4) is 0 Å². The van der Waals surface area contributed by atoms with Crippen molar-refractivity contribution in [1.82, 2.24) is 21.3 Å². The van der Waals surface area contributed by atoms with Gasteiger partial charge < -0.3 is 50.4 Å². The maximum absolute atomic E-state index is 13.2. The molecule has 0 aliphatic rings. The smallest absolute Gasteiger partial charge is 0.462 e. The molecule has 99 heavy (non-hydrogen) atoms. The maximum Gasteiger partial charge on any atom is 0.472 e. The Hall–Kier alpha value is -3.47. The molecule has 0 heterocycles. The molecule has 0 aromatic rings. The number of rotatable bonds is 75. The van der Waals surface area contributed by atoms with E-state index in [1.807, 2.05) is 0 Å².